The third-order valence-corrected chi connectivity index (χ3v) is 0.803. The Bertz CT molecular complexity index is 197. The average molecular weight is 187 g/mol. The quantitative estimate of drug-likeness (QED) is 0.611. The van der Waals surface area contributed by atoms with Crippen LogP contribution in [0.2, 0.25) is 0 Å². The van der Waals surface area contributed by atoms with E-state index in [0.29, 0.717) is 5.82 Å². The molecule has 1 rings (SSSR count). The van der Waals surface area contributed by atoms with Gasteiger partial charge in [0.25, 0.3) is 0 Å². The minimum atomic E-state index is 0.00463. The molecule has 2 N–H and O–H groups in total. The smallest absolute Gasteiger partial charge is 0.216 e. The van der Waals surface area contributed by atoms with Crippen LogP contribution in [0.5, 0.6) is 0 Å². The van der Waals surface area contributed by atoms with Crippen molar-refractivity contribution in [1.82, 2.24) is 25.9 Å². The number of aryl methyl sites for hydroxylation is 1. The summed E-state index contributed by atoms with van der Waals surface area (Å²) in [7, 11) is 1.60. The normalized spacial score (nSPS) is 7.15. The fourth-order valence-corrected chi connectivity index (χ4v) is 0.212. The van der Waals surface area contributed by atoms with Crippen LogP contribution in [0.4, 0.5) is 0 Å². The molecule has 0 aliphatic carbocycles. The van der Waals surface area contributed by atoms with Gasteiger partial charge >= 0.3 is 0 Å². The van der Waals surface area contributed by atoms with Crippen molar-refractivity contribution in [1.29, 1.82) is 0 Å². The van der Waals surface area contributed by atoms with E-state index in [4.69, 9.17) is 0 Å². The number of tetrazole rings is 1. The van der Waals surface area contributed by atoms with E-state index in [1.165, 1.54) is 6.92 Å². The average Bonchev–Trinajstić information content (AvgIpc) is 2.60. The molecule has 0 fully saturated rings. The van der Waals surface area contributed by atoms with Gasteiger partial charge in [0, 0.05) is 14.0 Å². The van der Waals surface area contributed by atoms with Crippen molar-refractivity contribution in [2.45, 2.75) is 27.7 Å². The molecule has 6 nitrogen and oxygen atoms in total. The van der Waals surface area contributed by atoms with Crippen LogP contribution in [-0.4, -0.2) is 33.6 Å². The van der Waals surface area contributed by atoms with Gasteiger partial charge in [-0.05, 0) is 6.92 Å². The molecule has 1 heterocycles. The molecular formula is C7H17N5O. The van der Waals surface area contributed by atoms with Crippen molar-refractivity contribution in [2.24, 2.45) is 0 Å². The largest absolute Gasteiger partial charge is 0.359 e. The second-order valence-electron chi connectivity index (χ2n) is 1.77. The van der Waals surface area contributed by atoms with Gasteiger partial charge < -0.3 is 5.32 Å². The highest BCUT2D eigenvalue weighted by molar-refractivity contribution is 5.72. The number of rotatable bonds is 0. The molecule has 1 aromatic rings. The molecule has 6 heteroatoms. The first-order chi connectivity index (χ1) is 6.16. The molecule has 76 valence electrons. The zero-order valence-electron chi connectivity index (χ0n) is 8.75. The summed E-state index contributed by atoms with van der Waals surface area (Å²) in [4.78, 5) is 9.70. The molecule has 0 bridgehead atoms. The fraction of sp³-hybridized carbons (Fsp3) is 0.714. The molecule has 0 atom stereocenters. The Morgan fingerprint density at radius 3 is 2.00 bits per heavy atom. The first kappa shape index (κ1) is 14.1. The molecule has 0 aromatic carbocycles. The highest BCUT2D eigenvalue weighted by Gasteiger charge is 1.78. The maximum atomic E-state index is 9.70. The third-order valence-electron chi connectivity index (χ3n) is 0.803. The molecule has 13 heavy (non-hydrogen) atoms. The van der Waals surface area contributed by atoms with Gasteiger partial charge in [-0.2, -0.15) is 5.21 Å². The Kier molecular flexibility index (Phi) is 11.4. The predicted molar refractivity (Wildman–Crippen MR) is 50.0 cm³/mol. The van der Waals surface area contributed by atoms with Crippen LogP contribution in [0.25, 0.3) is 0 Å². The summed E-state index contributed by atoms with van der Waals surface area (Å²) in [5.74, 6) is 0.681. The number of aromatic nitrogens is 4. The van der Waals surface area contributed by atoms with Crippen LogP contribution in [0, 0.1) is 6.92 Å². The van der Waals surface area contributed by atoms with Crippen molar-refractivity contribution < 1.29 is 4.79 Å². The van der Waals surface area contributed by atoms with Crippen molar-refractivity contribution in [3.8, 4) is 0 Å². The van der Waals surface area contributed by atoms with Gasteiger partial charge in [-0.25, -0.2) is 0 Å². The molecule has 0 spiro atoms. The number of H-pyrrole nitrogens is 1. The standard InChI is InChI=1S/C3H7NO.C2H4N4.C2H6/c1-3(5)4-2;1-2-3-5-6-4-2;1-2/h1-2H3,(H,4,5);1H3,(H,3,4,5,6);1-2H3. The number of nitrogens with zero attached hydrogens (tertiary/aromatic N) is 3. The Morgan fingerprint density at radius 1 is 1.46 bits per heavy atom. The lowest BCUT2D eigenvalue weighted by Gasteiger charge is -1.80. The van der Waals surface area contributed by atoms with Crippen LogP contribution in [0.3, 0.4) is 0 Å². The van der Waals surface area contributed by atoms with Crippen LogP contribution in [-0.2, 0) is 4.79 Å². The van der Waals surface area contributed by atoms with Gasteiger partial charge in [0.1, 0.15) is 0 Å². The van der Waals surface area contributed by atoms with E-state index in [1.807, 2.05) is 13.8 Å². The van der Waals surface area contributed by atoms with Crippen LogP contribution in [0.15, 0.2) is 0 Å². The molecule has 0 saturated carbocycles. The second kappa shape index (κ2) is 10.5. The van der Waals surface area contributed by atoms with Crippen LogP contribution >= 0.6 is 0 Å². The molecule has 0 radical (unpaired) electrons. The lowest BCUT2D eigenvalue weighted by molar-refractivity contribution is -0.118. The van der Waals surface area contributed by atoms with Gasteiger partial charge in [0.2, 0.25) is 5.91 Å². The topological polar surface area (TPSA) is 83.6 Å². The van der Waals surface area contributed by atoms with Gasteiger partial charge in [0.05, 0.1) is 0 Å². The molecule has 1 amide bonds. The van der Waals surface area contributed by atoms with E-state index in [2.05, 4.69) is 25.9 Å². The Labute approximate surface area is 78.1 Å². The van der Waals surface area contributed by atoms with E-state index in [-0.39, 0.29) is 5.91 Å². The molecule has 0 aliphatic heterocycles. The maximum absolute atomic E-state index is 9.70. The van der Waals surface area contributed by atoms with E-state index in [1.54, 1.807) is 14.0 Å². The summed E-state index contributed by atoms with van der Waals surface area (Å²) in [6.07, 6.45) is 0. The van der Waals surface area contributed by atoms with Crippen molar-refractivity contribution in [3.05, 3.63) is 5.82 Å². The molecule has 1 aromatic heterocycles. The molecule has 0 unspecified atom stereocenters. The SMILES string of the molecule is CC.CNC(C)=O.Cc1nn[nH]n1. The van der Waals surface area contributed by atoms with Crippen molar-refractivity contribution in [2.75, 3.05) is 7.05 Å². The summed E-state index contributed by atoms with van der Waals surface area (Å²) >= 11 is 0. The van der Waals surface area contributed by atoms with Crippen LogP contribution < -0.4 is 5.32 Å². The van der Waals surface area contributed by atoms with Crippen molar-refractivity contribution >= 4 is 5.91 Å². The number of aromatic amines is 1. The monoisotopic (exact) mass is 187 g/mol. The highest BCUT2D eigenvalue weighted by atomic mass is 16.1. The first-order valence-corrected chi connectivity index (χ1v) is 4.05. The second-order valence-corrected chi connectivity index (χ2v) is 1.77. The van der Waals surface area contributed by atoms with Crippen molar-refractivity contribution in [3.63, 3.8) is 0 Å². The minimum absolute atomic E-state index is 0.00463. The summed E-state index contributed by atoms with van der Waals surface area (Å²) in [5, 5.41) is 15.1. The van der Waals surface area contributed by atoms with Gasteiger partial charge in [-0.1, -0.05) is 19.1 Å². The maximum Gasteiger partial charge on any atom is 0.216 e. The number of carbonyl (C=O) groups is 1. The van der Waals surface area contributed by atoms with E-state index >= 15 is 0 Å². The number of nitrogens with one attached hydrogen (secondary N) is 2. The fourth-order valence-electron chi connectivity index (χ4n) is 0.212. The third kappa shape index (κ3) is 13.5. The summed E-state index contributed by atoms with van der Waals surface area (Å²) in [6.45, 7) is 7.24. The predicted octanol–water partition coefficient (Wildman–Crippen LogP) is 0.287. The summed E-state index contributed by atoms with van der Waals surface area (Å²) in [5.41, 5.74) is 0. The molecule has 0 saturated heterocycles. The van der Waals surface area contributed by atoms with Gasteiger partial charge in [-0.3, -0.25) is 4.79 Å². The lowest BCUT2D eigenvalue weighted by atomic mass is 10.7. The number of hydrogen-bond acceptors (Lipinski definition) is 4. The zero-order chi connectivity index (χ0) is 10.7. The first-order valence-electron chi connectivity index (χ1n) is 4.05. The van der Waals surface area contributed by atoms with E-state index in [0.717, 1.165) is 0 Å². The lowest BCUT2D eigenvalue weighted by Crippen LogP contribution is -2.11. The summed E-state index contributed by atoms with van der Waals surface area (Å²) < 4.78 is 0. The van der Waals surface area contributed by atoms with E-state index < -0.39 is 0 Å². The Balaban J connectivity index is 0. The minimum Gasteiger partial charge on any atom is -0.359 e. The summed E-state index contributed by atoms with van der Waals surface area (Å²) in [6, 6.07) is 0. The number of amides is 1. The van der Waals surface area contributed by atoms with E-state index in [9.17, 15) is 4.79 Å². The Hall–Kier alpha value is -1.46. The molecular weight excluding hydrogens is 170 g/mol. The van der Waals surface area contributed by atoms with Gasteiger partial charge in [0.15, 0.2) is 5.82 Å². The zero-order valence-corrected chi connectivity index (χ0v) is 8.75. The van der Waals surface area contributed by atoms with Gasteiger partial charge in [-0.15, -0.1) is 10.2 Å². The Morgan fingerprint density at radius 2 is 1.92 bits per heavy atom. The highest BCUT2D eigenvalue weighted by Crippen LogP contribution is 1.69. The number of carbonyl (C=O) groups excluding carboxylic acids is 1. The number of hydrogen-bond donors (Lipinski definition) is 2. The van der Waals surface area contributed by atoms with Crippen LogP contribution in [0.1, 0.15) is 26.6 Å². The molecule has 0 aliphatic rings.